The summed E-state index contributed by atoms with van der Waals surface area (Å²) in [5.41, 5.74) is 7.59. The number of ether oxygens (including phenoxy) is 3. The largest absolute Gasteiger partial charge is 0.493 e. The maximum Gasteiger partial charge on any atom is 0.222 e. The number of nitrogens with zero attached hydrogens (tertiary/aromatic N) is 1. The summed E-state index contributed by atoms with van der Waals surface area (Å²) in [5, 5.41) is 0. The van der Waals surface area contributed by atoms with Gasteiger partial charge in [-0.05, 0) is 43.7 Å². The monoisotopic (exact) mass is 288 g/mol. The van der Waals surface area contributed by atoms with Crippen molar-refractivity contribution >= 4 is 0 Å². The third kappa shape index (κ3) is 3.44. The molecule has 0 amide bonds. The fourth-order valence-corrected chi connectivity index (χ4v) is 2.05. The first-order valence-corrected chi connectivity index (χ1v) is 6.74. The van der Waals surface area contributed by atoms with E-state index in [0.29, 0.717) is 29.7 Å². The first-order valence-electron chi connectivity index (χ1n) is 6.74. The fraction of sp³-hybridized carbons (Fsp3) is 0.312. The van der Waals surface area contributed by atoms with Gasteiger partial charge < -0.3 is 19.9 Å². The van der Waals surface area contributed by atoms with Crippen LogP contribution in [0.25, 0.3) is 0 Å². The first kappa shape index (κ1) is 15.1. The number of benzene rings is 1. The van der Waals surface area contributed by atoms with Crippen molar-refractivity contribution < 1.29 is 14.2 Å². The Hall–Kier alpha value is -2.27. The van der Waals surface area contributed by atoms with E-state index in [4.69, 9.17) is 19.9 Å². The molecule has 0 saturated heterocycles. The normalized spacial score (nSPS) is 10.3. The van der Waals surface area contributed by atoms with E-state index in [0.717, 1.165) is 17.5 Å². The van der Waals surface area contributed by atoms with Gasteiger partial charge in [0, 0.05) is 11.8 Å². The van der Waals surface area contributed by atoms with Crippen LogP contribution in [-0.2, 0) is 6.42 Å². The van der Waals surface area contributed by atoms with Crippen LogP contribution in [0, 0.1) is 6.92 Å². The van der Waals surface area contributed by atoms with Crippen molar-refractivity contribution in [2.75, 3.05) is 20.8 Å². The number of aryl methyl sites for hydroxylation is 1. The molecule has 0 atom stereocenters. The summed E-state index contributed by atoms with van der Waals surface area (Å²) in [6.45, 7) is 2.55. The molecule has 0 radical (unpaired) electrons. The van der Waals surface area contributed by atoms with Crippen molar-refractivity contribution in [3.05, 3.63) is 41.6 Å². The molecule has 0 bridgehead atoms. The molecule has 5 nitrogen and oxygen atoms in total. The maximum absolute atomic E-state index is 5.89. The summed E-state index contributed by atoms with van der Waals surface area (Å²) >= 11 is 0. The number of pyridine rings is 1. The Kier molecular flexibility index (Phi) is 5.00. The molecule has 0 aliphatic rings. The highest BCUT2D eigenvalue weighted by Crippen LogP contribution is 2.40. The highest BCUT2D eigenvalue weighted by atomic mass is 16.5. The molecule has 112 valence electrons. The van der Waals surface area contributed by atoms with Gasteiger partial charge in [-0.25, -0.2) is 4.98 Å². The summed E-state index contributed by atoms with van der Waals surface area (Å²) in [7, 11) is 3.18. The maximum atomic E-state index is 5.89. The van der Waals surface area contributed by atoms with Crippen molar-refractivity contribution in [3.8, 4) is 23.1 Å². The van der Waals surface area contributed by atoms with E-state index in [9.17, 15) is 0 Å². The van der Waals surface area contributed by atoms with Gasteiger partial charge in [-0.1, -0.05) is 6.07 Å². The molecule has 5 heteroatoms. The number of nitrogens with two attached hydrogens (primary N) is 1. The Morgan fingerprint density at radius 2 is 1.81 bits per heavy atom. The minimum Gasteiger partial charge on any atom is -0.493 e. The Morgan fingerprint density at radius 1 is 1.14 bits per heavy atom. The molecular formula is C16H20N2O3. The molecule has 0 aliphatic carbocycles. The number of para-hydroxylation sites is 1. The van der Waals surface area contributed by atoms with Gasteiger partial charge in [0.2, 0.25) is 11.6 Å². The lowest BCUT2D eigenvalue weighted by Gasteiger charge is -2.14. The minimum atomic E-state index is 0.518. The summed E-state index contributed by atoms with van der Waals surface area (Å²) in [4.78, 5) is 4.35. The average molecular weight is 288 g/mol. The number of methoxy groups -OCH3 is 2. The summed E-state index contributed by atoms with van der Waals surface area (Å²) in [5.74, 6) is 2.24. The Labute approximate surface area is 124 Å². The molecule has 2 rings (SSSR count). The van der Waals surface area contributed by atoms with Gasteiger partial charge in [0.25, 0.3) is 0 Å². The third-order valence-corrected chi connectivity index (χ3v) is 3.10. The number of aromatic nitrogens is 1. The zero-order valence-electron chi connectivity index (χ0n) is 12.6. The molecule has 1 aromatic heterocycles. The summed E-state index contributed by atoms with van der Waals surface area (Å²) in [6.07, 6.45) is 2.57. The lowest BCUT2D eigenvalue weighted by atomic mass is 10.1. The van der Waals surface area contributed by atoms with Gasteiger partial charge in [0.05, 0.1) is 14.2 Å². The second-order valence-corrected chi connectivity index (χ2v) is 4.60. The van der Waals surface area contributed by atoms with E-state index >= 15 is 0 Å². The van der Waals surface area contributed by atoms with Gasteiger partial charge in [0.1, 0.15) is 0 Å². The molecule has 2 N–H and O–H groups in total. The predicted octanol–water partition coefficient (Wildman–Crippen LogP) is 2.70. The van der Waals surface area contributed by atoms with Crippen molar-refractivity contribution in [1.29, 1.82) is 0 Å². The van der Waals surface area contributed by atoms with E-state index in [-0.39, 0.29) is 0 Å². The number of hydrogen-bond donors (Lipinski definition) is 1. The van der Waals surface area contributed by atoms with Crippen molar-refractivity contribution in [1.82, 2.24) is 4.98 Å². The number of hydrogen-bond acceptors (Lipinski definition) is 5. The van der Waals surface area contributed by atoms with Crippen molar-refractivity contribution in [2.45, 2.75) is 13.3 Å². The van der Waals surface area contributed by atoms with Gasteiger partial charge >= 0.3 is 0 Å². The highest BCUT2D eigenvalue weighted by molar-refractivity contribution is 5.53. The predicted molar refractivity (Wildman–Crippen MR) is 81.4 cm³/mol. The second-order valence-electron chi connectivity index (χ2n) is 4.60. The molecular weight excluding hydrogens is 268 g/mol. The van der Waals surface area contributed by atoms with Crippen LogP contribution in [0.2, 0.25) is 0 Å². The molecule has 1 aromatic carbocycles. The average Bonchev–Trinajstić information content (AvgIpc) is 2.50. The molecule has 1 heterocycles. The van der Waals surface area contributed by atoms with E-state index in [1.807, 2.05) is 31.2 Å². The zero-order chi connectivity index (χ0) is 15.2. The van der Waals surface area contributed by atoms with E-state index in [1.54, 1.807) is 20.4 Å². The molecule has 2 aromatic rings. The van der Waals surface area contributed by atoms with Crippen LogP contribution in [0.4, 0.5) is 0 Å². The standard InChI is InChI=1S/C16H20N2O3/c1-11-9-12(7-8-17)10-18-16(11)21-15-13(19-2)5-4-6-14(15)20-3/h4-6,9-10H,7-8,17H2,1-3H3. The summed E-state index contributed by atoms with van der Waals surface area (Å²) in [6, 6.07) is 7.50. The number of rotatable bonds is 6. The fourth-order valence-electron chi connectivity index (χ4n) is 2.05. The van der Waals surface area contributed by atoms with E-state index in [1.165, 1.54) is 0 Å². The quantitative estimate of drug-likeness (QED) is 0.885. The third-order valence-electron chi connectivity index (χ3n) is 3.10. The van der Waals surface area contributed by atoms with Crippen LogP contribution in [0.5, 0.6) is 23.1 Å². The molecule has 0 saturated carbocycles. The van der Waals surface area contributed by atoms with Gasteiger partial charge in [-0.2, -0.15) is 0 Å². The first-order chi connectivity index (χ1) is 10.2. The topological polar surface area (TPSA) is 66.6 Å². The molecule has 0 aliphatic heterocycles. The second kappa shape index (κ2) is 6.95. The SMILES string of the molecule is COc1cccc(OC)c1Oc1ncc(CCN)cc1C. The van der Waals surface area contributed by atoms with Crippen LogP contribution < -0.4 is 19.9 Å². The smallest absolute Gasteiger partial charge is 0.222 e. The van der Waals surface area contributed by atoms with Crippen LogP contribution in [0.15, 0.2) is 30.5 Å². The van der Waals surface area contributed by atoms with Crippen LogP contribution in [-0.4, -0.2) is 25.7 Å². The Bertz CT molecular complexity index is 592. The van der Waals surface area contributed by atoms with Gasteiger partial charge in [-0.15, -0.1) is 0 Å². The van der Waals surface area contributed by atoms with E-state index in [2.05, 4.69) is 4.98 Å². The molecule has 0 spiro atoms. The highest BCUT2D eigenvalue weighted by Gasteiger charge is 2.14. The zero-order valence-corrected chi connectivity index (χ0v) is 12.6. The van der Waals surface area contributed by atoms with Crippen molar-refractivity contribution in [3.63, 3.8) is 0 Å². The molecule has 0 unspecified atom stereocenters. The lowest BCUT2D eigenvalue weighted by Crippen LogP contribution is -2.04. The van der Waals surface area contributed by atoms with Crippen LogP contribution >= 0.6 is 0 Å². The van der Waals surface area contributed by atoms with Gasteiger partial charge in [-0.3, -0.25) is 0 Å². The minimum absolute atomic E-state index is 0.518. The van der Waals surface area contributed by atoms with Crippen molar-refractivity contribution in [2.24, 2.45) is 5.73 Å². The Balaban J connectivity index is 2.34. The molecule has 21 heavy (non-hydrogen) atoms. The van der Waals surface area contributed by atoms with Crippen LogP contribution in [0.3, 0.4) is 0 Å². The van der Waals surface area contributed by atoms with E-state index < -0.39 is 0 Å². The molecule has 0 fully saturated rings. The van der Waals surface area contributed by atoms with Gasteiger partial charge in [0.15, 0.2) is 11.5 Å². The van der Waals surface area contributed by atoms with Crippen LogP contribution in [0.1, 0.15) is 11.1 Å². The summed E-state index contributed by atoms with van der Waals surface area (Å²) < 4.78 is 16.5. The Morgan fingerprint density at radius 3 is 2.33 bits per heavy atom. The lowest BCUT2D eigenvalue weighted by molar-refractivity contribution is 0.341.